The second-order valence-corrected chi connectivity index (χ2v) is 6.06. The molecule has 0 spiro atoms. The molecule has 0 aliphatic rings. The monoisotopic (exact) mass is 367 g/mol. The average Bonchev–Trinajstić information content (AvgIpc) is 2.50. The quantitative estimate of drug-likeness (QED) is 0.756. The second-order valence-electron chi connectivity index (χ2n) is 4.80. The van der Waals surface area contributed by atoms with Crippen molar-refractivity contribution < 1.29 is 4.74 Å². The lowest BCUT2D eigenvalue weighted by Gasteiger charge is -2.22. The lowest BCUT2D eigenvalue weighted by molar-refractivity contribution is 0.413. The van der Waals surface area contributed by atoms with Crippen LogP contribution in [0.2, 0.25) is 5.02 Å². The van der Waals surface area contributed by atoms with Crippen LogP contribution in [0, 0.1) is 0 Å². The molecule has 0 radical (unpaired) electrons. The van der Waals surface area contributed by atoms with Gasteiger partial charge in [-0.3, -0.25) is 0 Å². The minimum Gasteiger partial charge on any atom is -0.497 e. The fourth-order valence-electron chi connectivity index (χ4n) is 2.26. The molecule has 0 aliphatic carbocycles. The van der Waals surface area contributed by atoms with Gasteiger partial charge in [-0.1, -0.05) is 52.7 Å². The summed E-state index contributed by atoms with van der Waals surface area (Å²) in [5, 5.41) is 4.33. The van der Waals surface area contributed by atoms with E-state index in [0.29, 0.717) is 0 Å². The molecule has 1 atom stereocenters. The molecule has 4 heteroatoms. The zero-order valence-electron chi connectivity index (χ0n) is 12.2. The topological polar surface area (TPSA) is 21.3 Å². The van der Waals surface area contributed by atoms with Gasteiger partial charge in [-0.15, -0.1) is 0 Å². The van der Waals surface area contributed by atoms with Gasteiger partial charge >= 0.3 is 0 Å². The maximum atomic E-state index is 6.39. The van der Waals surface area contributed by atoms with Gasteiger partial charge in [0.15, 0.2) is 0 Å². The lowest BCUT2D eigenvalue weighted by atomic mass is 9.98. The summed E-state index contributed by atoms with van der Waals surface area (Å²) in [4.78, 5) is 0. The summed E-state index contributed by atoms with van der Waals surface area (Å²) in [6.45, 7) is 3.07. The third-order valence-corrected chi connectivity index (χ3v) is 4.40. The number of ether oxygens (including phenoxy) is 1. The van der Waals surface area contributed by atoms with E-state index in [1.165, 1.54) is 0 Å². The Labute approximate surface area is 139 Å². The molecule has 21 heavy (non-hydrogen) atoms. The minimum absolute atomic E-state index is 0.0307. The number of halogens is 2. The van der Waals surface area contributed by atoms with Crippen LogP contribution in [0.5, 0.6) is 5.75 Å². The number of hydrogen-bond donors (Lipinski definition) is 1. The molecule has 1 unspecified atom stereocenters. The molecule has 0 aromatic heterocycles. The fraction of sp³-hybridized carbons (Fsp3) is 0.294. The van der Waals surface area contributed by atoms with Crippen LogP contribution < -0.4 is 10.1 Å². The van der Waals surface area contributed by atoms with Crippen LogP contribution in [-0.2, 0) is 0 Å². The van der Waals surface area contributed by atoms with Crippen LogP contribution in [0.3, 0.4) is 0 Å². The van der Waals surface area contributed by atoms with Gasteiger partial charge < -0.3 is 10.1 Å². The molecule has 2 nitrogen and oxygen atoms in total. The van der Waals surface area contributed by atoms with Gasteiger partial charge in [-0.05, 0) is 48.4 Å². The van der Waals surface area contributed by atoms with Gasteiger partial charge in [-0.2, -0.15) is 0 Å². The molecule has 0 amide bonds. The van der Waals surface area contributed by atoms with Gasteiger partial charge in [0.1, 0.15) is 5.75 Å². The Morgan fingerprint density at radius 2 is 1.95 bits per heavy atom. The van der Waals surface area contributed by atoms with Crippen molar-refractivity contribution in [2.45, 2.75) is 19.4 Å². The first-order chi connectivity index (χ1) is 10.2. The Morgan fingerprint density at radius 1 is 1.19 bits per heavy atom. The van der Waals surface area contributed by atoms with Crippen LogP contribution in [0.15, 0.2) is 46.9 Å². The molecule has 2 aromatic carbocycles. The molecule has 2 aromatic rings. The van der Waals surface area contributed by atoms with E-state index >= 15 is 0 Å². The Balaban J connectivity index is 2.48. The van der Waals surface area contributed by atoms with Gasteiger partial charge in [0, 0.05) is 9.50 Å². The molecule has 0 bridgehead atoms. The molecule has 0 saturated heterocycles. The van der Waals surface area contributed by atoms with Gasteiger partial charge in [0.05, 0.1) is 13.2 Å². The van der Waals surface area contributed by atoms with Crippen LogP contribution in [0.4, 0.5) is 0 Å². The standard InChI is InChI=1S/C17H19BrClNO/c1-3-10-20-17(13-6-4-5-7-16(13)19)14-11-12(21-2)8-9-15(14)18/h4-9,11,17,20H,3,10H2,1-2H3. The summed E-state index contributed by atoms with van der Waals surface area (Å²) in [5.74, 6) is 0.837. The van der Waals surface area contributed by atoms with Crippen molar-refractivity contribution in [3.05, 3.63) is 63.1 Å². The number of methoxy groups -OCH3 is 1. The smallest absolute Gasteiger partial charge is 0.119 e. The summed E-state index contributed by atoms with van der Waals surface area (Å²) in [6, 6.07) is 14.0. The summed E-state index contributed by atoms with van der Waals surface area (Å²) in [5.41, 5.74) is 2.19. The number of nitrogens with one attached hydrogen (secondary N) is 1. The Kier molecular flexibility index (Phi) is 6.09. The molecular weight excluding hydrogens is 350 g/mol. The van der Waals surface area contributed by atoms with Crippen LogP contribution in [0.25, 0.3) is 0 Å². The third-order valence-electron chi connectivity index (χ3n) is 3.33. The van der Waals surface area contributed by atoms with Crippen LogP contribution in [-0.4, -0.2) is 13.7 Å². The van der Waals surface area contributed by atoms with Gasteiger partial charge in [0.2, 0.25) is 0 Å². The minimum atomic E-state index is 0.0307. The van der Waals surface area contributed by atoms with Crippen molar-refractivity contribution in [1.29, 1.82) is 0 Å². The van der Waals surface area contributed by atoms with Crippen LogP contribution >= 0.6 is 27.5 Å². The number of rotatable bonds is 6. The van der Waals surface area contributed by atoms with E-state index in [9.17, 15) is 0 Å². The van der Waals surface area contributed by atoms with Crippen molar-refractivity contribution in [2.24, 2.45) is 0 Å². The zero-order valence-corrected chi connectivity index (χ0v) is 14.5. The predicted octanol–water partition coefficient (Wildman–Crippen LogP) is 5.20. The summed E-state index contributed by atoms with van der Waals surface area (Å²) >= 11 is 10.0. The van der Waals surface area contributed by atoms with Gasteiger partial charge in [-0.25, -0.2) is 0 Å². The van der Waals surface area contributed by atoms with Crippen molar-refractivity contribution in [3.63, 3.8) is 0 Å². The van der Waals surface area contributed by atoms with Crippen molar-refractivity contribution in [1.82, 2.24) is 5.32 Å². The van der Waals surface area contributed by atoms with E-state index in [0.717, 1.165) is 39.3 Å². The molecule has 0 saturated carbocycles. The molecule has 0 aliphatic heterocycles. The molecule has 112 valence electrons. The molecule has 2 rings (SSSR count). The zero-order chi connectivity index (χ0) is 15.2. The predicted molar refractivity (Wildman–Crippen MR) is 92.3 cm³/mol. The molecule has 1 N–H and O–H groups in total. The maximum Gasteiger partial charge on any atom is 0.119 e. The highest BCUT2D eigenvalue weighted by atomic mass is 79.9. The highest BCUT2D eigenvalue weighted by Gasteiger charge is 2.19. The number of hydrogen-bond acceptors (Lipinski definition) is 2. The first-order valence-electron chi connectivity index (χ1n) is 6.98. The van der Waals surface area contributed by atoms with Gasteiger partial charge in [0.25, 0.3) is 0 Å². The normalized spacial score (nSPS) is 12.2. The van der Waals surface area contributed by atoms with Crippen molar-refractivity contribution in [2.75, 3.05) is 13.7 Å². The Bertz CT molecular complexity index is 603. The van der Waals surface area contributed by atoms with E-state index in [1.807, 2.05) is 36.4 Å². The second kappa shape index (κ2) is 7.83. The Hall–Kier alpha value is -1.03. The van der Waals surface area contributed by atoms with E-state index in [1.54, 1.807) is 7.11 Å². The summed E-state index contributed by atoms with van der Waals surface area (Å²) in [7, 11) is 1.68. The average molecular weight is 369 g/mol. The molecular formula is C17H19BrClNO. The highest BCUT2D eigenvalue weighted by Crippen LogP contribution is 2.34. The first-order valence-corrected chi connectivity index (χ1v) is 8.15. The van der Waals surface area contributed by atoms with E-state index in [4.69, 9.17) is 16.3 Å². The maximum absolute atomic E-state index is 6.39. The Morgan fingerprint density at radius 3 is 2.62 bits per heavy atom. The summed E-state index contributed by atoms with van der Waals surface area (Å²) in [6.07, 6.45) is 1.06. The van der Waals surface area contributed by atoms with E-state index < -0.39 is 0 Å². The largest absolute Gasteiger partial charge is 0.497 e. The third kappa shape index (κ3) is 4.00. The lowest BCUT2D eigenvalue weighted by Crippen LogP contribution is -2.24. The summed E-state index contributed by atoms with van der Waals surface area (Å²) < 4.78 is 6.39. The molecule has 0 fully saturated rings. The first kappa shape index (κ1) is 16.3. The van der Waals surface area contributed by atoms with E-state index in [-0.39, 0.29) is 6.04 Å². The SMILES string of the molecule is CCCNC(c1ccccc1Cl)c1cc(OC)ccc1Br. The number of benzene rings is 2. The highest BCUT2D eigenvalue weighted by molar-refractivity contribution is 9.10. The fourth-order valence-corrected chi connectivity index (χ4v) is 2.98. The molecule has 0 heterocycles. The van der Waals surface area contributed by atoms with Crippen LogP contribution in [0.1, 0.15) is 30.5 Å². The van der Waals surface area contributed by atoms with Crippen molar-refractivity contribution >= 4 is 27.5 Å². The van der Waals surface area contributed by atoms with Crippen molar-refractivity contribution in [3.8, 4) is 5.75 Å². The van der Waals surface area contributed by atoms with E-state index in [2.05, 4.69) is 34.2 Å².